The lowest BCUT2D eigenvalue weighted by molar-refractivity contribution is 0.0285. The van der Waals surface area contributed by atoms with E-state index in [4.69, 9.17) is 16.3 Å². The van der Waals surface area contributed by atoms with Gasteiger partial charge in [-0.05, 0) is 49.4 Å². The first-order valence-electron chi connectivity index (χ1n) is 7.60. The van der Waals surface area contributed by atoms with Crippen LogP contribution in [0.2, 0.25) is 5.02 Å². The van der Waals surface area contributed by atoms with Gasteiger partial charge in [-0.25, -0.2) is 0 Å². The predicted molar refractivity (Wildman–Crippen MR) is 86.5 cm³/mol. The van der Waals surface area contributed by atoms with E-state index in [1.165, 1.54) is 12.8 Å². The Morgan fingerprint density at radius 3 is 2.81 bits per heavy atom. The van der Waals surface area contributed by atoms with Gasteiger partial charge < -0.3 is 15.2 Å². The summed E-state index contributed by atoms with van der Waals surface area (Å²) in [5, 5.41) is 13.9. The van der Waals surface area contributed by atoms with Gasteiger partial charge in [-0.1, -0.05) is 35.9 Å². The second kappa shape index (κ2) is 9.21. The van der Waals surface area contributed by atoms with Gasteiger partial charge in [0.15, 0.2) is 0 Å². The number of allylic oxidation sites excluding steroid dienone is 2. The fourth-order valence-corrected chi connectivity index (χ4v) is 2.57. The van der Waals surface area contributed by atoms with Gasteiger partial charge >= 0.3 is 0 Å². The highest BCUT2D eigenvalue weighted by Crippen LogP contribution is 2.16. The molecule has 2 N–H and O–H groups in total. The highest BCUT2D eigenvalue weighted by molar-refractivity contribution is 6.30. The molecule has 1 aromatic carbocycles. The van der Waals surface area contributed by atoms with Crippen molar-refractivity contribution in [3.8, 4) is 0 Å². The molecule has 0 heterocycles. The fourth-order valence-electron chi connectivity index (χ4n) is 2.45. The SMILES string of the molecule is OC(CNCC1CC=CCC1)COCc1ccc(Cl)cc1. The minimum absolute atomic E-state index is 0.347. The summed E-state index contributed by atoms with van der Waals surface area (Å²) in [6.07, 6.45) is 7.61. The van der Waals surface area contributed by atoms with E-state index in [1.807, 2.05) is 24.3 Å². The molecule has 0 fully saturated rings. The van der Waals surface area contributed by atoms with Crippen LogP contribution in [0.1, 0.15) is 24.8 Å². The second-order valence-corrected chi connectivity index (χ2v) is 6.04. The lowest BCUT2D eigenvalue weighted by atomic mass is 9.94. The summed E-state index contributed by atoms with van der Waals surface area (Å²) < 4.78 is 5.52. The predicted octanol–water partition coefficient (Wildman–Crippen LogP) is 3.16. The number of halogens is 1. The molecule has 3 nitrogen and oxygen atoms in total. The third-order valence-electron chi connectivity index (χ3n) is 3.68. The first-order chi connectivity index (χ1) is 10.2. The maximum Gasteiger partial charge on any atom is 0.0897 e. The first kappa shape index (κ1) is 16.5. The number of aliphatic hydroxyl groups is 1. The van der Waals surface area contributed by atoms with Gasteiger partial charge in [0.1, 0.15) is 0 Å². The minimum atomic E-state index is -0.462. The van der Waals surface area contributed by atoms with Crippen LogP contribution in [-0.2, 0) is 11.3 Å². The molecular weight excluding hydrogens is 286 g/mol. The number of hydrogen-bond acceptors (Lipinski definition) is 3. The van der Waals surface area contributed by atoms with Crippen LogP contribution in [0, 0.1) is 5.92 Å². The van der Waals surface area contributed by atoms with Crippen LogP contribution in [0.15, 0.2) is 36.4 Å². The second-order valence-electron chi connectivity index (χ2n) is 5.60. The Hall–Kier alpha value is -0.870. The topological polar surface area (TPSA) is 41.5 Å². The Balaban J connectivity index is 1.54. The van der Waals surface area contributed by atoms with Crippen LogP contribution in [0.4, 0.5) is 0 Å². The molecule has 2 rings (SSSR count). The van der Waals surface area contributed by atoms with Crippen molar-refractivity contribution in [1.82, 2.24) is 5.32 Å². The summed E-state index contributed by atoms with van der Waals surface area (Å²) in [6, 6.07) is 7.56. The summed E-state index contributed by atoms with van der Waals surface area (Å²) in [6.45, 7) is 2.40. The van der Waals surface area contributed by atoms with Crippen LogP contribution in [0.3, 0.4) is 0 Å². The van der Waals surface area contributed by atoms with Crippen molar-refractivity contribution in [2.24, 2.45) is 5.92 Å². The summed E-state index contributed by atoms with van der Waals surface area (Å²) >= 11 is 5.82. The Morgan fingerprint density at radius 1 is 1.29 bits per heavy atom. The molecule has 21 heavy (non-hydrogen) atoms. The normalized spacial score (nSPS) is 19.6. The van der Waals surface area contributed by atoms with Gasteiger partial charge in [0.25, 0.3) is 0 Å². The standard InChI is InChI=1S/C17H24ClNO2/c18-16-8-6-15(7-9-16)12-21-13-17(20)11-19-10-14-4-2-1-3-5-14/h1-2,6-9,14,17,19-20H,3-5,10-13H2. The van der Waals surface area contributed by atoms with E-state index in [2.05, 4.69) is 17.5 Å². The lowest BCUT2D eigenvalue weighted by Crippen LogP contribution is -2.33. The van der Waals surface area contributed by atoms with E-state index >= 15 is 0 Å². The molecule has 116 valence electrons. The zero-order valence-electron chi connectivity index (χ0n) is 12.3. The third kappa shape index (κ3) is 6.62. The van der Waals surface area contributed by atoms with Crippen molar-refractivity contribution in [2.45, 2.75) is 32.0 Å². The van der Waals surface area contributed by atoms with Crippen molar-refractivity contribution in [3.05, 3.63) is 47.0 Å². The van der Waals surface area contributed by atoms with E-state index in [0.29, 0.717) is 25.7 Å². The average molecular weight is 310 g/mol. The van der Waals surface area contributed by atoms with Gasteiger partial charge in [0.2, 0.25) is 0 Å². The van der Waals surface area contributed by atoms with E-state index in [1.54, 1.807) is 0 Å². The molecule has 0 saturated heterocycles. The molecule has 2 unspecified atom stereocenters. The molecule has 0 saturated carbocycles. The van der Waals surface area contributed by atoms with Gasteiger partial charge in [0, 0.05) is 11.6 Å². The molecule has 1 aliphatic carbocycles. The van der Waals surface area contributed by atoms with Crippen LogP contribution in [-0.4, -0.2) is 30.9 Å². The lowest BCUT2D eigenvalue weighted by Gasteiger charge is -2.19. The van der Waals surface area contributed by atoms with E-state index < -0.39 is 6.10 Å². The number of rotatable bonds is 8. The molecule has 0 amide bonds. The summed E-state index contributed by atoms with van der Waals surface area (Å²) in [5.74, 6) is 0.706. The Bertz CT molecular complexity index is 433. The molecule has 2 atom stereocenters. The maximum atomic E-state index is 9.88. The molecule has 0 bridgehead atoms. The van der Waals surface area contributed by atoms with Crippen LogP contribution >= 0.6 is 11.6 Å². The first-order valence-corrected chi connectivity index (χ1v) is 7.98. The molecule has 0 aliphatic heterocycles. The van der Waals surface area contributed by atoms with E-state index in [-0.39, 0.29) is 0 Å². The third-order valence-corrected chi connectivity index (χ3v) is 3.93. The highest BCUT2D eigenvalue weighted by atomic mass is 35.5. The van der Waals surface area contributed by atoms with Gasteiger partial charge in [-0.2, -0.15) is 0 Å². The quantitative estimate of drug-likeness (QED) is 0.725. The van der Waals surface area contributed by atoms with Crippen molar-refractivity contribution < 1.29 is 9.84 Å². The molecule has 0 spiro atoms. The van der Waals surface area contributed by atoms with Crippen molar-refractivity contribution in [2.75, 3.05) is 19.7 Å². The zero-order chi connectivity index (χ0) is 14.9. The van der Waals surface area contributed by atoms with Crippen molar-refractivity contribution >= 4 is 11.6 Å². The van der Waals surface area contributed by atoms with Crippen LogP contribution < -0.4 is 5.32 Å². The maximum absolute atomic E-state index is 9.88. The fraction of sp³-hybridized carbons (Fsp3) is 0.529. The van der Waals surface area contributed by atoms with Gasteiger partial charge in [-0.3, -0.25) is 0 Å². The molecule has 0 aromatic heterocycles. The monoisotopic (exact) mass is 309 g/mol. The Labute approximate surface area is 132 Å². The average Bonchev–Trinajstić information content (AvgIpc) is 2.50. The molecule has 1 aliphatic rings. The number of benzene rings is 1. The number of ether oxygens (including phenoxy) is 1. The summed E-state index contributed by atoms with van der Waals surface area (Å²) in [7, 11) is 0. The Kier molecular flexibility index (Phi) is 7.24. The van der Waals surface area contributed by atoms with Crippen molar-refractivity contribution in [1.29, 1.82) is 0 Å². The van der Waals surface area contributed by atoms with E-state index in [0.717, 1.165) is 23.6 Å². The van der Waals surface area contributed by atoms with Crippen molar-refractivity contribution in [3.63, 3.8) is 0 Å². The number of aliphatic hydroxyl groups excluding tert-OH is 1. The molecular formula is C17H24ClNO2. The van der Waals surface area contributed by atoms with Crippen LogP contribution in [0.25, 0.3) is 0 Å². The minimum Gasteiger partial charge on any atom is -0.389 e. The number of nitrogens with one attached hydrogen (secondary N) is 1. The summed E-state index contributed by atoms with van der Waals surface area (Å²) in [4.78, 5) is 0. The smallest absolute Gasteiger partial charge is 0.0897 e. The molecule has 4 heteroatoms. The zero-order valence-corrected chi connectivity index (χ0v) is 13.1. The highest BCUT2D eigenvalue weighted by Gasteiger charge is 2.10. The Morgan fingerprint density at radius 2 is 2.10 bits per heavy atom. The van der Waals surface area contributed by atoms with Gasteiger partial charge in [0.05, 0.1) is 19.3 Å². The molecule has 1 aromatic rings. The van der Waals surface area contributed by atoms with E-state index in [9.17, 15) is 5.11 Å². The largest absolute Gasteiger partial charge is 0.389 e. The molecule has 0 radical (unpaired) electrons. The van der Waals surface area contributed by atoms with Gasteiger partial charge in [-0.15, -0.1) is 0 Å². The summed E-state index contributed by atoms with van der Waals surface area (Å²) in [5.41, 5.74) is 1.06. The number of hydrogen-bond donors (Lipinski definition) is 2. The van der Waals surface area contributed by atoms with Crippen LogP contribution in [0.5, 0.6) is 0 Å².